The standard InChI is InChI=1S/C21H22FN3O3/c1-25(2)20(14-7-9-16(22)10-8-14)21(26)23-13-17-12-19(28-24-17)15-5-4-6-18(11-15)27-3/h4-12,20H,13H2,1-3H3,(H,23,26)/t20-/m1/s1. The number of hydrogen-bond donors (Lipinski definition) is 1. The topological polar surface area (TPSA) is 67.6 Å². The Hall–Kier alpha value is -3.19. The Bertz CT molecular complexity index is 938. The van der Waals surface area contributed by atoms with E-state index in [1.807, 2.05) is 24.3 Å². The minimum absolute atomic E-state index is 0.206. The molecule has 2 aromatic carbocycles. The third kappa shape index (κ3) is 4.55. The van der Waals surface area contributed by atoms with Gasteiger partial charge in [0.1, 0.15) is 23.3 Å². The number of nitrogens with zero attached hydrogens (tertiary/aromatic N) is 2. The smallest absolute Gasteiger partial charge is 0.242 e. The van der Waals surface area contributed by atoms with Gasteiger partial charge in [-0.05, 0) is 43.9 Å². The third-order valence-electron chi connectivity index (χ3n) is 4.31. The number of rotatable bonds is 7. The lowest BCUT2D eigenvalue weighted by Gasteiger charge is -2.23. The quantitative estimate of drug-likeness (QED) is 0.677. The zero-order valence-electron chi connectivity index (χ0n) is 16.0. The maximum Gasteiger partial charge on any atom is 0.242 e. The van der Waals surface area contributed by atoms with Crippen LogP contribution in [0.2, 0.25) is 0 Å². The molecule has 1 heterocycles. The molecule has 1 amide bonds. The number of amides is 1. The monoisotopic (exact) mass is 383 g/mol. The summed E-state index contributed by atoms with van der Waals surface area (Å²) in [6.07, 6.45) is 0. The minimum Gasteiger partial charge on any atom is -0.497 e. The first kappa shape index (κ1) is 19.6. The highest BCUT2D eigenvalue weighted by atomic mass is 19.1. The van der Waals surface area contributed by atoms with Crippen LogP contribution in [0, 0.1) is 5.82 Å². The van der Waals surface area contributed by atoms with Gasteiger partial charge in [0.25, 0.3) is 0 Å². The average molecular weight is 383 g/mol. The molecule has 7 heteroatoms. The zero-order chi connectivity index (χ0) is 20.1. The van der Waals surface area contributed by atoms with Gasteiger partial charge in [-0.25, -0.2) is 4.39 Å². The fourth-order valence-corrected chi connectivity index (χ4v) is 2.91. The van der Waals surface area contributed by atoms with E-state index in [9.17, 15) is 9.18 Å². The Balaban J connectivity index is 1.68. The van der Waals surface area contributed by atoms with Gasteiger partial charge in [-0.15, -0.1) is 0 Å². The number of hydrogen-bond acceptors (Lipinski definition) is 5. The van der Waals surface area contributed by atoms with Gasteiger partial charge in [0.15, 0.2) is 5.76 Å². The molecule has 1 atom stereocenters. The summed E-state index contributed by atoms with van der Waals surface area (Å²) < 4.78 is 23.8. The van der Waals surface area contributed by atoms with E-state index < -0.39 is 6.04 Å². The molecule has 0 aliphatic rings. The van der Waals surface area contributed by atoms with E-state index in [4.69, 9.17) is 9.26 Å². The molecule has 6 nitrogen and oxygen atoms in total. The van der Waals surface area contributed by atoms with Gasteiger partial charge in [0.05, 0.1) is 13.7 Å². The van der Waals surface area contributed by atoms with E-state index in [1.54, 1.807) is 44.3 Å². The predicted molar refractivity (Wildman–Crippen MR) is 103 cm³/mol. The molecule has 0 bridgehead atoms. The second-order valence-corrected chi connectivity index (χ2v) is 6.55. The molecule has 0 saturated heterocycles. The van der Waals surface area contributed by atoms with E-state index in [0.717, 1.165) is 11.3 Å². The second-order valence-electron chi connectivity index (χ2n) is 6.55. The maximum absolute atomic E-state index is 13.2. The Morgan fingerprint density at radius 2 is 1.96 bits per heavy atom. The molecule has 0 aliphatic carbocycles. The van der Waals surface area contributed by atoms with Gasteiger partial charge in [-0.1, -0.05) is 29.4 Å². The molecule has 3 aromatic rings. The predicted octanol–water partition coefficient (Wildman–Crippen LogP) is 3.41. The zero-order valence-corrected chi connectivity index (χ0v) is 16.0. The fourth-order valence-electron chi connectivity index (χ4n) is 2.91. The molecule has 0 saturated carbocycles. The summed E-state index contributed by atoms with van der Waals surface area (Å²) >= 11 is 0. The molecule has 0 spiro atoms. The maximum atomic E-state index is 13.2. The second kappa shape index (κ2) is 8.67. The van der Waals surface area contributed by atoms with Gasteiger partial charge in [-0.3, -0.25) is 9.69 Å². The van der Waals surface area contributed by atoms with Crippen molar-refractivity contribution in [3.63, 3.8) is 0 Å². The van der Waals surface area contributed by atoms with Crippen molar-refractivity contribution >= 4 is 5.91 Å². The van der Waals surface area contributed by atoms with Crippen molar-refractivity contribution in [2.45, 2.75) is 12.6 Å². The van der Waals surface area contributed by atoms with Crippen molar-refractivity contribution in [2.75, 3.05) is 21.2 Å². The van der Waals surface area contributed by atoms with E-state index in [0.29, 0.717) is 17.0 Å². The molecule has 0 unspecified atom stereocenters. The van der Waals surface area contributed by atoms with Gasteiger partial charge in [0, 0.05) is 11.6 Å². The fraction of sp³-hybridized carbons (Fsp3) is 0.238. The summed E-state index contributed by atoms with van der Waals surface area (Å²) in [6, 6.07) is 14.6. The third-order valence-corrected chi connectivity index (χ3v) is 4.31. The van der Waals surface area contributed by atoms with Crippen molar-refractivity contribution < 1.29 is 18.4 Å². The summed E-state index contributed by atoms with van der Waals surface area (Å²) in [5.41, 5.74) is 2.14. The van der Waals surface area contributed by atoms with Crippen molar-refractivity contribution in [2.24, 2.45) is 0 Å². The Labute approximate surface area is 162 Å². The van der Waals surface area contributed by atoms with Crippen LogP contribution in [-0.2, 0) is 11.3 Å². The normalized spacial score (nSPS) is 12.0. The van der Waals surface area contributed by atoms with Crippen LogP contribution in [0.15, 0.2) is 59.1 Å². The summed E-state index contributed by atoms with van der Waals surface area (Å²) in [5, 5.41) is 6.87. The van der Waals surface area contributed by atoms with E-state index in [1.165, 1.54) is 12.1 Å². The van der Waals surface area contributed by atoms with E-state index in [-0.39, 0.29) is 18.3 Å². The minimum atomic E-state index is -0.537. The van der Waals surface area contributed by atoms with Crippen molar-refractivity contribution in [3.05, 3.63) is 71.7 Å². The van der Waals surface area contributed by atoms with E-state index >= 15 is 0 Å². The molecule has 0 fully saturated rings. The first-order chi connectivity index (χ1) is 13.5. The van der Waals surface area contributed by atoms with Crippen LogP contribution in [0.3, 0.4) is 0 Å². The number of carbonyl (C=O) groups is 1. The van der Waals surface area contributed by atoms with Crippen molar-refractivity contribution in [1.82, 2.24) is 15.4 Å². The SMILES string of the molecule is COc1cccc(-c2cc(CNC(=O)[C@@H](c3ccc(F)cc3)N(C)C)no2)c1. The van der Waals surface area contributed by atoms with Crippen molar-refractivity contribution in [1.29, 1.82) is 0 Å². The molecule has 3 rings (SSSR count). The number of halogens is 1. The first-order valence-electron chi connectivity index (χ1n) is 8.77. The van der Waals surface area contributed by atoms with Crippen LogP contribution in [0.1, 0.15) is 17.3 Å². The number of benzene rings is 2. The molecule has 28 heavy (non-hydrogen) atoms. The van der Waals surface area contributed by atoms with Crippen LogP contribution < -0.4 is 10.1 Å². The Kier molecular flexibility index (Phi) is 6.06. The van der Waals surface area contributed by atoms with Crippen LogP contribution in [0.4, 0.5) is 4.39 Å². The number of methoxy groups -OCH3 is 1. The highest BCUT2D eigenvalue weighted by Gasteiger charge is 2.23. The van der Waals surface area contributed by atoms with E-state index in [2.05, 4.69) is 10.5 Å². The summed E-state index contributed by atoms with van der Waals surface area (Å²) in [4.78, 5) is 14.5. The number of ether oxygens (including phenoxy) is 1. The van der Waals surface area contributed by atoms with Gasteiger partial charge in [-0.2, -0.15) is 0 Å². The summed E-state index contributed by atoms with van der Waals surface area (Å²) in [7, 11) is 5.19. The molecular weight excluding hydrogens is 361 g/mol. The molecule has 1 aromatic heterocycles. The number of likely N-dealkylation sites (N-methyl/N-ethyl adjacent to an activating group) is 1. The summed E-state index contributed by atoms with van der Waals surface area (Å²) in [6.45, 7) is 0.220. The van der Waals surface area contributed by atoms with Crippen LogP contribution >= 0.6 is 0 Å². The molecule has 1 N–H and O–H groups in total. The highest BCUT2D eigenvalue weighted by Crippen LogP contribution is 2.24. The number of aromatic nitrogens is 1. The molecule has 0 aliphatic heterocycles. The largest absolute Gasteiger partial charge is 0.497 e. The number of carbonyl (C=O) groups excluding carboxylic acids is 1. The van der Waals surface area contributed by atoms with Crippen LogP contribution in [-0.4, -0.2) is 37.2 Å². The van der Waals surface area contributed by atoms with Gasteiger partial charge < -0.3 is 14.6 Å². The van der Waals surface area contributed by atoms with Crippen LogP contribution in [0.5, 0.6) is 5.75 Å². The van der Waals surface area contributed by atoms with Gasteiger partial charge >= 0.3 is 0 Å². The average Bonchev–Trinajstić information content (AvgIpc) is 3.17. The Morgan fingerprint density at radius 3 is 2.64 bits per heavy atom. The van der Waals surface area contributed by atoms with Gasteiger partial charge in [0.2, 0.25) is 5.91 Å². The number of nitrogens with one attached hydrogen (secondary N) is 1. The molecule has 0 radical (unpaired) electrons. The van der Waals surface area contributed by atoms with Crippen molar-refractivity contribution in [3.8, 4) is 17.1 Å². The lowest BCUT2D eigenvalue weighted by molar-refractivity contribution is -0.126. The lowest BCUT2D eigenvalue weighted by atomic mass is 10.1. The lowest BCUT2D eigenvalue weighted by Crippen LogP contribution is -2.36. The molecular formula is C21H22FN3O3. The first-order valence-corrected chi connectivity index (χ1v) is 8.77. The van der Waals surface area contributed by atoms with Crippen LogP contribution in [0.25, 0.3) is 11.3 Å². The summed E-state index contributed by atoms with van der Waals surface area (Å²) in [5.74, 6) is 0.764. The molecule has 146 valence electrons. The highest BCUT2D eigenvalue weighted by molar-refractivity contribution is 5.83. The Morgan fingerprint density at radius 1 is 1.21 bits per heavy atom.